The highest BCUT2D eigenvalue weighted by Crippen LogP contribution is 2.40. The van der Waals surface area contributed by atoms with Crippen molar-refractivity contribution < 1.29 is 14.0 Å². The predicted octanol–water partition coefficient (Wildman–Crippen LogP) is 4.56. The summed E-state index contributed by atoms with van der Waals surface area (Å²) in [5.74, 6) is -1.55. The van der Waals surface area contributed by atoms with Gasteiger partial charge in [0.15, 0.2) is 0 Å². The average Bonchev–Trinajstić information content (AvgIpc) is 2.80. The molecule has 0 aliphatic carbocycles. The van der Waals surface area contributed by atoms with Crippen LogP contribution in [0.4, 0.5) is 10.1 Å². The Balaban J connectivity index is 2.13. The van der Waals surface area contributed by atoms with Crippen molar-refractivity contribution >= 4 is 34.8 Å². The smallest absolute Gasteiger partial charge is 0.268 e. The van der Waals surface area contributed by atoms with E-state index in [-0.39, 0.29) is 10.9 Å². The van der Waals surface area contributed by atoms with Crippen molar-refractivity contribution in [1.29, 1.82) is 0 Å². The number of imide groups is 1. The molecule has 3 rings (SSSR count). The van der Waals surface area contributed by atoms with Crippen molar-refractivity contribution in [1.82, 2.24) is 0 Å². The molecular formula is C20H18FNO2S. The van der Waals surface area contributed by atoms with E-state index in [1.165, 1.54) is 30.0 Å². The molecule has 0 atom stereocenters. The molecule has 0 N–H and O–H groups in total. The fraction of sp³-hybridized carbons (Fsp3) is 0.200. The molecule has 2 amide bonds. The Kier molecular flexibility index (Phi) is 4.77. The lowest BCUT2D eigenvalue weighted by Gasteiger charge is -2.16. The minimum Gasteiger partial charge on any atom is -0.268 e. The van der Waals surface area contributed by atoms with Crippen molar-refractivity contribution in [2.24, 2.45) is 0 Å². The van der Waals surface area contributed by atoms with Gasteiger partial charge in [0.1, 0.15) is 5.82 Å². The molecule has 1 heterocycles. The zero-order chi connectivity index (χ0) is 18.1. The number of hydrogen-bond donors (Lipinski definition) is 0. The van der Waals surface area contributed by atoms with Crippen LogP contribution in [0.1, 0.15) is 25.0 Å². The number of aryl methyl sites for hydroxylation is 1. The summed E-state index contributed by atoms with van der Waals surface area (Å²) in [6.45, 7) is 5.86. The molecule has 0 saturated carbocycles. The molecule has 5 heteroatoms. The van der Waals surface area contributed by atoms with Crippen molar-refractivity contribution in [3.8, 4) is 0 Å². The number of amides is 2. The highest BCUT2D eigenvalue weighted by Gasteiger charge is 2.41. The number of para-hydroxylation sites is 1. The number of carbonyl (C=O) groups is 2. The molecule has 1 aliphatic heterocycles. The van der Waals surface area contributed by atoms with E-state index in [2.05, 4.69) is 0 Å². The van der Waals surface area contributed by atoms with E-state index in [0.717, 1.165) is 10.5 Å². The van der Waals surface area contributed by atoms with Gasteiger partial charge in [0.2, 0.25) is 0 Å². The summed E-state index contributed by atoms with van der Waals surface area (Å²) < 4.78 is 14.2. The maximum atomic E-state index is 14.2. The molecule has 0 unspecified atom stereocenters. The van der Waals surface area contributed by atoms with Gasteiger partial charge in [-0.2, -0.15) is 0 Å². The largest absolute Gasteiger partial charge is 0.272 e. The van der Waals surface area contributed by atoms with Gasteiger partial charge in [-0.05, 0) is 24.6 Å². The predicted molar refractivity (Wildman–Crippen MR) is 99.7 cm³/mol. The van der Waals surface area contributed by atoms with Gasteiger partial charge in [0, 0.05) is 5.25 Å². The van der Waals surface area contributed by atoms with Crippen molar-refractivity contribution in [3.05, 3.63) is 70.4 Å². The van der Waals surface area contributed by atoms with Crippen LogP contribution in [-0.2, 0) is 9.59 Å². The van der Waals surface area contributed by atoms with Crippen LogP contribution >= 0.6 is 11.8 Å². The van der Waals surface area contributed by atoms with Gasteiger partial charge in [-0.3, -0.25) is 9.59 Å². The third kappa shape index (κ3) is 3.24. The first-order chi connectivity index (χ1) is 11.9. The molecule has 0 radical (unpaired) electrons. The monoisotopic (exact) mass is 355 g/mol. The lowest BCUT2D eigenvalue weighted by molar-refractivity contribution is -0.119. The first-order valence-corrected chi connectivity index (χ1v) is 8.89. The molecule has 0 bridgehead atoms. The second-order valence-electron chi connectivity index (χ2n) is 6.13. The normalized spacial score (nSPS) is 14.8. The number of rotatable bonds is 4. The van der Waals surface area contributed by atoms with Crippen molar-refractivity contribution in [2.75, 3.05) is 4.90 Å². The minimum absolute atomic E-state index is 0.0125. The third-order valence-electron chi connectivity index (χ3n) is 3.83. The number of nitrogens with zero attached hydrogens (tertiary/aromatic N) is 1. The lowest BCUT2D eigenvalue weighted by atomic mass is 10.0. The maximum absolute atomic E-state index is 14.2. The second kappa shape index (κ2) is 6.84. The zero-order valence-electron chi connectivity index (χ0n) is 14.2. The van der Waals surface area contributed by atoms with Crippen molar-refractivity contribution in [2.45, 2.75) is 26.0 Å². The Morgan fingerprint density at radius 2 is 1.60 bits per heavy atom. The minimum atomic E-state index is -0.594. The molecule has 3 nitrogen and oxygen atoms in total. The Morgan fingerprint density at radius 3 is 2.20 bits per heavy atom. The van der Waals surface area contributed by atoms with E-state index in [9.17, 15) is 14.0 Å². The molecule has 25 heavy (non-hydrogen) atoms. The first kappa shape index (κ1) is 17.4. The third-order valence-corrected chi connectivity index (χ3v) is 4.91. The first-order valence-electron chi connectivity index (χ1n) is 8.01. The average molecular weight is 355 g/mol. The van der Waals surface area contributed by atoms with Crippen LogP contribution in [0, 0.1) is 12.7 Å². The fourth-order valence-corrected chi connectivity index (χ4v) is 3.67. The maximum Gasteiger partial charge on any atom is 0.272 e. The number of carbonyl (C=O) groups excluding carboxylic acids is 2. The number of halogens is 1. The molecule has 0 saturated heterocycles. The summed E-state index contributed by atoms with van der Waals surface area (Å²) in [4.78, 5) is 27.2. The summed E-state index contributed by atoms with van der Waals surface area (Å²) in [6.07, 6.45) is 0. The van der Waals surface area contributed by atoms with E-state index >= 15 is 0 Å². The van der Waals surface area contributed by atoms with Gasteiger partial charge in [-0.1, -0.05) is 55.8 Å². The molecule has 128 valence electrons. The van der Waals surface area contributed by atoms with E-state index in [4.69, 9.17) is 0 Å². The van der Waals surface area contributed by atoms with Crippen LogP contribution < -0.4 is 4.90 Å². The molecule has 0 fully saturated rings. The molecular weight excluding hydrogens is 337 g/mol. The topological polar surface area (TPSA) is 37.4 Å². The number of benzene rings is 2. The lowest BCUT2D eigenvalue weighted by Crippen LogP contribution is -2.32. The van der Waals surface area contributed by atoms with Crippen LogP contribution in [0.15, 0.2) is 53.4 Å². The fourth-order valence-electron chi connectivity index (χ4n) is 2.68. The number of thioether (sulfide) groups is 1. The van der Waals surface area contributed by atoms with E-state index in [1.807, 2.05) is 45.0 Å². The van der Waals surface area contributed by atoms with Crippen LogP contribution in [0.25, 0.3) is 5.57 Å². The van der Waals surface area contributed by atoms with E-state index < -0.39 is 17.6 Å². The Labute approximate surface area is 150 Å². The van der Waals surface area contributed by atoms with Gasteiger partial charge in [0.05, 0.1) is 16.2 Å². The number of anilines is 1. The molecule has 1 aliphatic rings. The van der Waals surface area contributed by atoms with Crippen LogP contribution in [0.2, 0.25) is 0 Å². The zero-order valence-corrected chi connectivity index (χ0v) is 15.1. The summed E-state index contributed by atoms with van der Waals surface area (Å²) >= 11 is 1.33. The Hall–Kier alpha value is -2.40. The van der Waals surface area contributed by atoms with Crippen LogP contribution in [0.5, 0.6) is 0 Å². The quantitative estimate of drug-likeness (QED) is 0.755. The number of hydrogen-bond acceptors (Lipinski definition) is 3. The Morgan fingerprint density at radius 1 is 0.960 bits per heavy atom. The molecule has 2 aromatic rings. The van der Waals surface area contributed by atoms with E-state index in [1.54, 1.807) is 6.07 Å². The molecule has 2 aromatic carbocycles. The van der Waals surface area contributed by atoms with Gasteiger partial charge >= 0.3 is 0 Å². The highest BCUT2D eigenvalue weighted by molar-refractivity contribution is 8.04. The van der Waals surface area contributed by atoms with Gasteiger partial charge < -0.3 is 0 Å². The highest BCUT2D eigenvalue weighted by atomic mass is 32.2. The molecule has 0 spiro atoms. The Bertz CT molecular complexity index is 872. The second-order valence-corrected chi connectivity index (χ2v) is 7.72. The van der Waals surface area contributed by atoms with Gasteiger partial charge in [-0.25, -0.2) is 9.29 Å². The molecule has 0 aromatic heterocycles. The summed E-state index contributed by atoms with van der Waals surface area (Å²) in [7, 11) is 0. The van der Waals surface area contributed by atoms with Gasteiger partial charge in [-0.15, -0.1) is 11.8 Å². The van der Waals surface area contributed by atoms with Crippen molar-refractivity contribution in [3.63, 3.8) is 0 Å². The van der Waals surface area contributed by atoms with E-state index in [0.29, 0.717) is 16.0 Å². The van der Waals surface area contributed by atoms with Gasteiger partial charge in [0.25, 0.3) is 11.8 Å². The summed E-state index contributed by atoms with van der Waals surface area (Å²) in [6, 6.07) is 13.3. The summed E-state index contributed by atoms with van der Waals surface area (Å²) in [5.41, 5.74) is 2.06. The standard InChI is InChI=1S/C20H18FNO2S/c1-12(2)25-18-17(14-10-8-13(3)9-11-14)19(23)22(20(18)24)16-7-5-4-6-15(16)21/h4-12H,1-3H3. The van der Waals surface area contributed by atoms with Crippen LogP contribution in [0.3, 0.4) is 0 Å². The summed E-state index contributed by atoms with van der Waals surface area (Å²) in [5, 5.41) is 0.118. The van der Waals surface area contributed by atoms with Crippen LogP contribution in [-0.4, -0.2) is 17.1 Å². The SMILES string of the molecule is Cc1ccc(C2=C(SC(C)C)C(=O)N(c3ccccc3F)C2=O)cc1.